The Kier molecular flexibility index (Phi) is 28.7. The van der Waals surface area contributed by atoms with Crippen molar-refractivity contribution >= 4 is 23.4 Å². The van der Waals surface area contributed by atoms with Crippen LogP contribution < -0.4 is 0 Å². The van der Waals surface area contributed by atoms with Crippen LogP contribution in [0.25, 0.3) is 0 Å². The first kappa shape index (κ1) is 78.9. The van der Waals surface area contributed by atoms with Crippen LogP contribution in [0.5, 0.6) is 0 Å². The molecular weight excluding hydrogens is 1190 g/mol. The van der Waals surface area contributed by atoms with Gasteiger partial charge < -0.3 is 94.1 Å². The van der Waals surface area contributed by atoms with Crippen LogP contribution in [0.3, 0.4) is 0 Å². The highest BCUT2D eigenvalue weighted by molar-refractivity contribution is 5.89. The summed E-state index contributed by atoms with van der Waals surface area (Å²) in [5.74, 6) is -9.51. The fourth-order valence-corrected chi connectivity index (χ4v) is 14.5. The number of nitrogens with zero attached hydrogens (tertiary/aromatic N) is 4. The molecule has 24 nitrogen and oxygen atoms in total. The summed E-state index contributed by atoms with van der Waals surface area (Å²) in [5.41, 5.74) is -6.37. The predicted octanol–water partition coefficient (Wildman–Crippen LogP) is 4.47. The third-order valence-corrected chi connectivity index (χ3v) is 20.3. The summed E-state index contributed by atoms with van der Waals surface area (Å²) in [7, 11) is 5.56. The first-order chi connectivity index (χ1) is 42.8. The lowest BCUT2D eigenvalue weighted by molar-refractivity contribution is -0.299. The first-order valence-corrected chi connectivity index (χ1v) is 33.2. The zero-order valence-electron chi connectivity index (χ0n) is 58.1. The molecule has 0 amide bonds. The molecule has 4 heterocycles. The number of aliphatic hydroxyl groups is 10. The summed E-state index contributed by atoms with van der Waals surface area (Å²) in [4.78, 5) is 43.5. The van der Waals surface area contributed by atoms with E-state index in [1.54, 1.807) is 67.5 Å². The summed E-state index contributed by atoms with van der Waals surface area (Å²) in [6, 6.07) is 9.00. The largest absolute Gasteiger partial charge is 0.459 e. The molecule has 1 aromatic carbocycles. The molecule has 4 aliphatic heterocycles. The lowest BCUT2D eigenvalue weighted by Crippen LogP contribution is -2.60. The normalized spacial score (nSPS) is 44.8. The standard InChI is InChI=1S/C68H116N4O20/c1-20-49-67(15,83)57(77)40(7)51(36(3)33-65(13,81)59(42(9)53(73)44(11)61(79)89-49)91-63-55(75)47(71(17)18)31-38(5)87-63)69-85-29-25-26-30-86-70-52-37(4)34-66(14,82)60(43(10)54(74)45(12)62(80)90-50(21-2)68(16,84)58(78)41(52)8)92-64-56(76)48(32-39(6)88-64)72(19)35-46-27-23-22-24-28-46/h22-28,36-45,47-50,53-60,63-64,73-78,81-84H,20-21,29-35H2,1-19H3/b26-25+,69-51+,70-52+/t36-,37-,38+,39-,40+,41+,42+,43+,44-,45-,47-,48+,49-,50-,53+,54+,55+,56-,57-,58-,59-,60-,63-,64+,65+,66+,67-,68-/m1/s1. The Morgan fingerprint density at radius 1 is 0.554 bits per heavy atom. The van der Waals surface area contributed by atoms with Gasteiger partial charge in [-0.05, 0) is 133 Å². The number of esters is 2. The van der Waals surface area contributed by atoms with Crippen LogP contribution >= 0.6 is 0 Å². The van der Waals surface area contributed by atoms with E-state index in [4.69, 9.17) is 38.1 Å². The smallest absolute Gasteiger partial charge is 0.311 e. The highest BCUT2D eigenvalue weighted by Crippen LogP contribution is 2.41. The lowest BCUT2D eigenvalue weighted by Gasteiger charge is -2.47. The number of benzene rings is 1. The van der Waals surface area contributed by atoms with E-state index in [9.17, 15) is 60.7 Å². The van der Waals surface area contributed by atoms with Gasteiger partial charge in [0.25, 0.3) is 0 Å². The second-order valence-corrected chi connectivity index (χ2v) is 28.6. The molecule has 28 atom stereocenters. The molecule has 0 spiro atoms. The van der Waals surface area contributed by atoms with E-state index in [1.807, 2.05) is 75.1 Å². The van der Waals surface area contributed by atoms with Crippen LogP contribution in [0.2, 0.25) is 0 Å². The molecule has 10 N–H and O–H groups in total. The number of hydrogen-bond donors (Lipinski definition) is 10. The summed E-state index contributed by atoms with van der Waals surface area (Å²) >= 11 is 0. The van der Waals surface area contributed by atoms with E-state index >= 15 is 0 Å². The van der Waals surface area contributed by atoms with E-state index < -0.39 is 167 Å². The van der Waals surface area contributed by atoms with Gasteiger partial charge in [-0.2, -0.15) is 0 Å². The Bertz CT molecular complexity index is 2550. The minimum atomic E-state index is -2.06. The Labute approximate surface area is 546 Å². The van der Waals surface area contributed by atoms with E-state index in [1.165, 1.54) is 41.5 Å². The molecule has 0 radical (unpaired) electrons. The summed E-state index contributed by atoms with van der Waals surface area (Å²) in [6.45, 7) is 26.0. The van der Waals surface area contributed by atoms with E-state index in [0.717, 1.165) is 5.56 Å². The quantitative estimate of drug-likeness (QED) is 0.0472. The van der Waals surface area contributed by atoms with Crippen molar-refractivity contribution in [1.82, 2.24) is 9.80 Å². The number of hydrogen-bond acceptors (Lipinski definition) is 24. The van der Waals surface area contributed by atoms with Gasteiger partial charge in [-0.15, -0.1) is 0 Å². The molecule has 0 aromatic heterocycles. The Balaban J connectivity index is 1.45. The third kappa shape index (κ3) is 19.1. The molecule has 92 heavy (non-hydrogen) atoms. The van der Waals surface area contributed by atoms with Crippen molar-refractivity contribution in [2.75, 3.05) is 34.4 Å². The molecule has 528 valence electrons. The van der Waals surface area contributed by atoms with Gasteiger partial charge in [0.05, 0.1) is 83.3 Å². The SMILES string of the molecule is CC[C@H]1OC(=O)[C@H](C)[C@@H](O)[C@H](C)[C@@H](O[C@H]2O[C@@H](C)C[C@@H](N(C)C)[C@@H]2O)[C@@](C)(O)C[C@@H](C)/C(=N\OC/C=C/CO/N=C2\[C@H](C)C[C@](C)(O)[C@H](O[C@@H]3O[C@H](C)C[C@H](N(C)Cc4ccccc4)[C@H]3O)[C@@H](C)[C@H](O)[C@@H](C)C(=O)O[C@H](CC)[C@@](C)(O)[C@H](O)[C@H]2C)[C@H](C)[C@@H](O)[C@]1(C)O. The summed E-state index contributed by atoms with van der Waals surface area (Å²) in [6.07, 6.45) is -12.8. The molecule has 4 saturated heterocycles. The molecule has 5 rings (SSSR count). The molecule has 24 heteroatoms. The van der Waals surface area contributed by atoms with E-state index in [-0.39, 0.29) is 62.5 Å². The average molecular weight is 1310 g/mol. The van der Waals surface area contributed by atoms with Crippen LogP contribution in [0.15, 0.2) is 52.8 Å². The van der Waals surface area contributed by atoms with Crippen LogP contribution in [0, 0.1) is 47.3 Å². The third-order valence-electron chi connectivity index (χ3n) is 20.3. The molecule has 0 bridgehead atoms. The van der Waals surface area contributed by atoms with Crippen LogP contribution in [-0.4, -0.2) is 239 Å². The highest BCUT2D eigenvalue weighted by atomic mass is 16.7. The van der Waals surface area contributed by atoms with Gasteiger partial charge in [-0.1, -0.05) is 96.0 Å². The number of oxime groups is 2. The minimum Gasteiger partial charge on any atom is -0.459 e. The maximum atomic E-state index is 13.9. The Morgan fingerprint density at radius 2 is 0.924 bits per heavy atom. The highest BCUT2D eigenvalue weighted by Gasteiger charge is 2.54. The lowest BCUT2D eigenvalue weighted by atomic mass is 9.73. The van der Waals surface area contributed by atoms with Gasteiger partial charge >= 0.3 is 11.9 Å². The van der Waals surface area contributed by atoms with Gasteiger partial charge in [0.2, 0.25) is 0 Å². The number of likely N-dealkylation sites (N-methyl/N-ethyl adjacent to an activating group) is 2. The number of rotatable bonds is 16. The van der Waals surface area contributed by atoms with Crippen molar-refractivity contribution in [2.24, 2.45) is 57.7 Å². The van der Waals surface area contributed by atoms with Crippen molar-refractivity contribution in [2.45, 2.75) is 276 Å². The van der Waals surface area contributed by atoms with Crippen LogP contribution in [0.4, 0.5) is 0 Å². The monoisotopic (exact) mass is 1310 g/mol. The van der Waals surface area contributed by atoms with E-state index in [2.05, 4.69) is 10.3 Å². The average Bonchev–Trinajstić information content (AvgIpc) is 0.802. The number of carbonyl (C=O) groups excluding carboxylic acids is 2. The van der Waals surface area contributed by atoms with Crippen molar-refractivity contribution < 1.29 is 98.8 Å². The number of cyclic esters (lactones) is 2. The van der Waals surface area contributed by atoms with Gasteiger partial charge in [-0.25, -0.2) is 0 Å². The zero-order chi connectivity index (χ0) is 69.3. The zero-order valence-corrected chi connectivity index (χ0v) is 58.1. The topological polar surface area (TPSA) is 341 Å². The summed E-state index contributed by atoms with van der Waals surface area (Å²) < 4.78 is 37.4. The van der Waals surface area contributed by atoms with Crippen molar-refractivity contribution in [1.29, 1.82) is 0 Å². The fraction of sp³-hybridized carbons (Fsp3) is 0.824. The van der Waals surface area contributed by atoms with Gasteiger partial charge in [0, 0.05) is 54.1 Å². The second-order valence-electron chi connectivity index (χ2n) is 28.6. The van der Waals surface area contributed by atoms with Gasteiger partial charge in [-0.3, -0.25) is 14.5 Å². The van der Waals surface area contributed by atoms with Gasteiger partial charge in [0.1, 0.15) is 48.8 Å². The molecule has 1 aromatic rings. The second kappa shape index (κ2) is 33.4. The maximum absolute atomic E-state index is 13.9. The molecular formula is C68H116N4O20. The fourth-order valence-electron chi connectivity index (χ4n) is 14.5. The van der Waals surface area contributed by atoms with Crippen molar-refractivity contribution in [3.63, 3.8) is 0 Å². The van der Waals surface area contributed by atoms with Crippen LogP contribution in [0.1, 0.15) is 155 Å². The number of aliphatic hydroxyl groups excluding tert-OH is 6. The molecule has 0 aliphatic carbocycles. The van der Waals surface area contributed by atoms with Crippen LogP contribution in [-0.2, 0) is 54.2 Å². The Morgan fingerprint density at radius 3 is 1.29 bits per heavy atom. The maximum Gasteiger partial charge on any atom is 0.311 e. The molecule has 4 aliphatic rings. The first-order valence-electron chi connectivity index (χ1n) is 33.2. The molecule has 0 saturated carbocycles. The number of carbonyl (C=O) groups is 2. The molecule has 0 unspecified atom stereocenters. The van der Waals surface area contributed by atoms with Crippen molar-refractivity contribution in [3.8, 4) is 0 Å². The minimum absolute atomic E-state index is 0.0854. The van der Waals surface area contributed by atoms with E-state index in [0.29, 0.717) is 19.4 Å². The summed E-state index contributed by atoms with van der Waals surface area (Å²) in [5, 5.41) is 130. The van der Waals surface area contributed by atoms with Crippen molar-refractivity contribution in [3.05, 3.63) is 48.0 Å². The molecule has 4 fully saturated rings. The van der Waals surface area contributed by atoms with Gasteiger partial charge in [0.15, 0.2) is 12.6 Å². The number of ether oxygens (including phenoxy) is 6. The predicted molar refractivity (Wildman–Crippen MR) is 344 cm³/mol. The Hall–Kier alpha value is -3.80.